The van der Waals surface area contributed by atoms with Crippen molar-refractivity contribution in [3.63, 3.8) is 0 Å². The molecule has 2 heterocycles. The maximum Gasteiger partial charge on any atom is 0.310 e. The highest BCUT2D eigenvalue weighted by Crippen LogP contribution is 2.20. The summed E-state index contributed by atoms with van der Waals surface area (Å²) < 4.78 is 5.04. The van der Waals surface area contributed by atoms with Crippen LogP contribution in [-0.2, 0) is 14.3 Å². The van der Waals surface area contributed by atoms with Gasteiger partial charge in [0.1, 0.15) is 0 Å². The minimum atomic E-state index is -0.158. The fraction of sp³-hybridized carbons (Fsp3) is 0.846. The molecule has 18 heavy (non-hydrogen) atoms. The van der Waals surface area contributed by atoms with Gasteiger partial charge in [-0.1, -0.05) is 0 Å². The molecule has 0 bridgehead atoms. The van der Waals surface area contributed by atoms with E-state index in [1.54, 1.807) is 0 Å². The average Bonchev–Trinajstić information content (AvgIpc) is 2.92. The molecule has 2 aliphatic rings. The van der Waals surface area contributed by atoms with Crippen molar-refractivity contribution in [2.75, 3.05) is 26.2 Å². The molecule has 0 aromatic carbocycles. The van der Waals surface area contributed by atoms with Crippen LogP contribution in [0, 0.1) is 5.92 Å². The van der Waals surface area contributed by atoms with Gasteiger partial charge in [-0.05, 0) is 39.2 Å². The number of likely N-dealkylation sites (tertiary alicyclic amines) is 1. The quantitative estimate of drug-likeness (QED) is 0.747. The molecule has 2 saturated heterocycles. The van der Waals surface area contributed by atoms with Crippen LogP contribution >= 0.6 is 0 Å². The Morgan fingerprint density at radius 2 is 2.17 bits per heavy atom. The Bertz CT molecular complexity index is 313. The monoisotopic (exact) mass is 254 g/mol. The molecule has 0 aromatic rings. The highest BCUT2D eigenvalue weighted by Gasteiger charge is 2.33. The van der Waals surface area contributed by atoms with Gasteiger partial charge >= 0.3 is 5.97 Å². The first kappa shape index (κ1) is 13.3. The Labute approximate surface area is 108 Å². The molecule has 102 valence electrons. The molecule has 2 fully saturated rings. The van der Waals surface area contributed by atoms with Crippen molar-refractivity contribution in [2.45, 2.75) is 38.6 Å². The van der Waals surface area contributed by atoms with Gasteiger partial charge in [-0.25, -0.2) is 0 Å². The van der Waals surface area contributed by atoms with E-state index >= 15 is 0 Å². The van der Waals surface area contributed by atoms with E-state index in [1.807, 2.05) is 11.8 Å². The number of amides is 1. The number of hydrogen-bond acceptors (Lipinski definition) is 4. The second-order valence-electron chi connectivity index (χ2n) is 5.02. The predicted octanol–water partition coefficient (Wildman–Crippen LogP) is 0.540. The van der Waals surface area contributed by atoms with Gasteiger partial charge in [0, 0.05) is 13.1 Å². The maximum absolute atomic E-state index is 12.2. The van der Waals surface area contributed by atoms with E-state index in [0.717, 1.165) is 38.8 Å². The van der Waals surface area contributed by atoms with E-state index in [9.17, 15) is 9.59 Å². The molecule has 2 rings (SSSR count). The average molecular weight is 254 g/mol. The van der Waals surface area contributed by atoms with E-state index in [2.05, 4.69) is 5.32 Å². The predicted molar refractivity (Wildman–Crippen MR) is 67.0 cm³/mol. The van der Waals surface area contributed by atoms with Crippen molar-refractivity contribution in [1.82, 2.24) is 10.2 Å². The lowest BCUT2D eigenvalue weighted by Gasteiger charge is -2.33. The summed E-state index contributed by atoms with van der Waals surface area (Å²) in [5.41, 5.74) is 0. The maximum atomic E-state index is 12.2. The lowest BCUT2D eigenvalue weighted by atomic mass is 9.97. The Morgan fingerprint density at radius 1 is 1.33 bits per heavy atom. The molecular weight excluding hydrogens is 232 g/mol. The van der Waals surface area contributed by atoms with Crippen molar-refractivity contribution in [3.05, 3.63) is 0 Å². The number of esters is 1. The first-order valence-corrected chi connectivity index (χ1v) is 6.91. The van der Waals surface area contributed by atoms with Crippen LogP contribution in [0.25, 0.3) is 0 Å². The summed E-state index contributed by atoms with van der Waals surface area (Å²) in [5, 5.41) is 3.22. The molecular formula is C13H22N2O3. The topological polar surface area (TPSA) is 58.6 Å². The van der Waals surface area contributed by atoms with Crippen molar-refractivity contribution in [2.24, 2.45) is 5.92 Å². The molecule has 1 unspecified atom stereocenters. The molecule has 0 saturated carbocycles. The normalized spacial score (nSPS) is 28.2. The van der Waals surface area contributed by atoms with E-state index in [0.29, 0.717) is 13.2 Å². The van der Waals surface area contributed by atoms with Crippen LogP contribution in [-0.4, -0.2) is 49.1 Å². The van der Waals surface area contributed by atoms with Crippen LogP contribution in [0.15, 0.2) is 0 Å². The molecule has 5 heteroatoms. The Balaban J connectivity index is 1.89. The summed E-state index contributed by atoms with van der Waals surface area (Å²) in [6.45, 7) is 4.44. The highest BCUT2D eigenvalue weighted by atomic mass is 16.5. The largest absolute Gasteiger partial charge is 0.466 e. The zero-order valence-electron chi connectivity index (χ0n) is 11.0. The standard InChI is InChI=1S/C13H22N2O3/c1-2-18-13(17)10-5-4-8-15(9-10)12(16)11-6-3-7-14-11/h10-11,14H,2-9H2,1H3/t10?,11-/m0/s1. The molecule has 0 aromatic heterocycles. The molecule has 0 aliphatic carbocycles. The van der Waals surface area contributed by atoms with Crippen LogP contribution in [0.1, 0.15) is 32.6 Å². The first-order valence-electron chi connectivity index (χ1n) is 6.91. The van der Waals surface area contributed by atoms with E-state index in [4.69, 9.17) is 4.74 Å². The van der Waals surface area contributed by atoms with Gasteiger partial charge < -0.3 is 15.0 Å². The summed E-state index contributed by atoms with van der Waals surface area (Å²) in [6.07, 6.45) is 3.70. The molecule has 0 radical (unpaired) electrons. The Kier molecular flexibility index (Phi) is 4.58. The molecule has 0 spiro atoms. The SMILES string of the molecule is CCOC(=O)C1CCCN(C(=O)[C@@H]2CCCN2)C1. The lowest BCUT2D eigenvalue weighted by Crippen LogP contribution is -2.49. The third-order valence-electron chi connectivity index (χ3n) is 3.71. The Morgan fingerprint density at radius 3 is 2.83 bits per heavy atom. The molecule has 5 nitrogen and oxygen atoms in total. The minimum absolute atomic E-state index is 0.0362. The van der Waals surface area contributed by atoms with E-state index in [-0.39, 0.29) is 23.8 Å². The Hall–Kier alpha value is -1.10. The fourth-order valence-electron chi connectivity index (χ4n) is 2.75. The van der Waals surface area contributed by atoms with Crippen molar-refractivity contribution < 1.29 is 14.3 Å². The number of piperidine rings is 1. The van der Waals surface area contributed by atoms with Crippen LogP contribution in [0.4, 0.5) is 0 Å². The van der Waals surface area contributed by atoms with Gasteiger partial charge in [0.2, 0.25) is 5.91 Å². The number of ether oxygens (including phenoxy) is 1. The third-order valence-corrected chi connectivity index (χ3v) is 3.71. The minimum Gasteiger partial charge on any atom is -0.466 e. The number of carbonyl (C=O) groups excluding carboxylic acids is 2. The molecule has 2 aliphatic heterocycles. The number of hydrogen-bond donors (Lipinski definition) is 1. The smallest absolute Gasteiger partial charge is 0.310 e. The van der Waals surface area contributed by atoms with Crippen LogP contribution in [0.5, 0.6) is 0 Å². The number of nitrogens with zero attached hydrogens (tertiary/aromatic N) is 1. The zero-order chi connectivity index (χ0) is 13.0. The number of carbonyl (C=O) groups is 2. The summed E-state index contributed by atoms with van der Waals surface area (Å²) in [5.74, 6) is -0.139. The second-order valence-corrected chi connectivity index (χ2v) is 5.02. The van der Waals surface area contributed by atoms with Crippen LogP contribution in [0.2, 0.25) is 0 Å². The van der Waals surface area contributed by atoms with Gasteiger partial charge in [0.15, 0.2) is 0 Å². The number of rotatable bonds is 3. The number of nitrogens with one attached hydrogen (secondary N) is 1. The summed E-state index contributed by atoms with van der Waals surface area (Å²) in [7, 11) is 0. The van der Waals surface area contributed by atoms with Gasteiger partial charge in [0.05, 0.1) is 18.6 Å². The van der Waals surface area contributed by atoms with Gasteiger partial charge in [-0.15, -0.1) is 0 Å². The second kappa shape index (κ2) is 6.18. The molecule has 2 atom stereocenters. The van der Waals surface area contributed by atoms with Crippen LogP contribution < -0.4 is 5.32 Å². The summed E-state index contributed by atoms with van der Waals surface area (Å²) >= 11 is 0. The van der Waals surface area contributed by atoms with Gasteiger partial charge in [-0.3, -0.25) is 9.59 Å². The first-order chi connectivity index (χ1) is 8.72. The molecule has 1 amide bonds. The van der Waals surface area contributed by atoms with Crippen molar-refractivity contribution >= 4 is 11.9 Å². The van der Waals surface area contributed by atoms with E-state index < -0.39 is 0 Å². The fourth-order valence-corrected chi connectivity index (χ4v) is 2.75. The molecule has 1 N–H and O–H groups in total. The highest BCUT2D eigenvalue weighted by molar-refractivity contribution is 5.83. The summed E-state index contributed by atoms with van der Waals surface area (Å²) in [6, 6.07) is -0.0362. The lowest BCUT2D eigenvalue weighted by molar-refractivity contribution is -0.151. The van der Waals surface area contributed by atoms with Gasteiger partial charge in [-0.2, -0.15) is 0 Å². The van der Waals surface area contributed by atoms with Gasteiger partial charge in [0.25, 0.3) is 0 Å². The van der Waals surface area contributed by atoms with Crippen molar-refractivity contribution in [1.29, 1.82) is 0 Å². The van der Waals surface area contributed by atoms with Crippen molar-refractivity contribution in [3.8, 4) is 0 Å². The van der Waals surface area contributed by atoms with Crippen LogP contribution in [0.3, 0.4) is 0 Å². The zero-order valence-corrected chi connectivity index (χ0v) is 11.0. The van der Waals surface area contributed by atoms with E-state index in [1.165, 1.54) is 0 Å². The third kappa shape index (κ3) is 3.02. The summed E-state index contributed by atoms with van der Waals surface area (Å²) in [4.78, 5) is 25.8.